The lowest BCUT2D eigenvalue weighted by Crippen LogP contribution is -1.99. The fraction of sp³-hybridized carbons (Fsp3) is 0.333. The van der Waals surface area contributed by atoms with E-state index in [9.17, 15) is 8.78 Å². The summed E-state index contributed by atoms with van der Waals surface area (Å²) in [6.45, 7) is 2.06. The highest BCUT2D eigenvalue weighted by atomic mass is 79.9. The zero-order valence-electron chi connectivity index (χ0n) is 7.61. The van der Waals surface area contributed by atoms with Crippen LogP contribution in [0, 0.1) is 11.6 Å². The van der Waals surface area contributed by atoms with Crippen LogP contribution in [0.1, 0.15) is 12.5 Å². The second-order valence-electron chi connectivity index (χ2n) is 2.59. The van der Waals surface area contributed by atoms with Crippen molar-refractivity contribution in [3.63, 3.8) is 0 Å². The summed E-state index contributed by atoms with van der Waals surface area (Å²) in [7, 11) is 0.391. The highest BCUT2D eigenvalue weighted by Gasteiger charge is 2.13. The molecular weight excluding hydrogens is 273 g/mol. The minimum atomic E-state index is -0.893. The molecule has 0 saturated heterocycles. The lowest BCUT2D eigenvalue weighted by atomic mass is 10.2. The summed E-state index contributed by atoms with van der Waals surface area (Å²) >= 11 is 3.20. The van der Waals surface area contributed by atoms with Crippen LogP contribution in [0.5, 0.6) is 5.75 Å². The van der Waals surface area contributed by atoms with E-state index in [-0.39, 0.29) is 5.75 Å². The topological polar surface area (TPSA) is 9.23 Å². The van der Waals surface area contributed by atoms with Crippen molar-refractivity contribution in [1.29, 1.82) is 0 Å². The molecule has 0 aliphatic carbocycles. The highest BCUT2D eigenvalue weighted by Crippen LogP contribution is 2.30. The van der Waals surface area contributed by atoms with Crippen LogP contribution in [-0.4, -0.2) is 6.61 Å². The van der Waals surface area contributed by atoms with E-state index < -0.39 is 11.6 Å². The van der Waals surface area contributed by atoms with Gasteiger partial charge in [-0.2, -0.15) is 4.39 Å². The average Bonchev–Trinajstić information content (AvgIpc) is 2.18. The van der Waals surface area contributed by atoms with E-state index in [1.54, 1.807) is 13.0 Å². The van der Waals surface area contributed by atoms with Gasteiger partial charge in [0.05, 0.1) is 6.61 Å². The van der Waals surface area contributed by atoms with Crippen LogP contribution >= 0.6 is 22.8 Å². The normalized spacial score (nSPS) is 11.1. The van der Waals surface area contributed by atoms with E-state index in [4.69, 9.17) is 4.74 Å². The van der Waals surface area contributed by atoms with Gasteiger partial charge in [-0.25, -0.2) is 4.39 Å². The van der Waals surface area contributed by atoms with Crippen molar-refractivity contribution < 1.29 is 13.5 Å². The SMILES string of the molecule is CCOc1ccc(CPBr)c(F)c1F. The summed E-state index contributed by atoms with van der Waals surface area (Å²) in [5.41, 5.74) is 0.376. The highest BCUT2D eigenvalue weighted by molar-refractivity contribution is 9.36. The third-order valence-corrected chi connectivity index (χ3v) is 3.04. The smallest absolute Gasteiger partial charge is 0.200 e. The van der Waals surface area contributed by atoms with E-state index >= 15 is 0 Å². The van der Waals surface area contributed by atoms with Crippen molar-refractivity contribution >= 4 is 22.8 Å². The third kappa shape index (κ3) is 2.64. The van der Waals surface area contributed by atoms with Gasteiger partial charge in [-0.15, -0.1) is 0 Å². The molecule has 0 radical (unpaired) electrons. The zero-order valence-corrected chi connectivity index (χ0v) is 10.2. The molecule has 1 unspecified atom stereocenters. The van der Waals surface area contributed by atoms with Crippen molar-refractivity contribution in [2.24, 2.45) is 0 Å². The van der Waals surface area contributed by atoms with Gasteiger partial charge in [-0.1, -0.05) is 21.6 Å². The van der Waals surface area contributed by atoms with Crippen LogP contribution in [0.3, 0.4) is 0 Å². The number of halogens is 3. The van der Waals surface area contributed by atoms with Crippen LogP contribution in [0.2, 0.25) is 0 Å². The Hall–Kier alpha value is -0.210. The predicted molar refractivity (Wildman–Crippen MR) is 58.5 cm³/mol. The van der Waals surface area contributed by atoms with Gasteiger partial charge in [0.1, 0.15) is 0 Å². The number of hydrogen-bond donors (Lipinski definition) is 0. The molecule has 1 rings (SSSR count). The lowest BCUT2D eigenvalue weighted by Gasteiger charge is -2.07. The first kappa shape index (κ1) is 11.9. The molecule has 1 aromatic rings. The Morgan fingerprint density at radius 2 is 2.07 bits per heavy atom. The maximum atomic E-state index is 13.3. The van der Waals surface area contributed by atoms with Crippen LogP contribution < -0.4 is 4.74 Å². The first-order chi connectivity index (χ1) is 6.70. The third-order valence-electron chi connectivity index (χ3n) is 1.68. The standard InChI is InChI=1S/C9H10BrF2OP/c1-2-13-7-4-3-6(5-14-10)8(11)9(7)12/h3-4,14H,2,5H2,1H3. The van der Waals surface area contributed by atoms with Crippen LogP contribution in [0.15, 0.2) is 12.1 Å². The molecule has 0 amide bonds. The molecule has 14 heavy (non-hydrogen) atoms. The molecule has 0 fully saturated rings. The van der Waals surface area contributed by atoms with Crippen molar-refractivity contribution in [2.45, 2.75) is 13.1 Å². The Labute approximate surface area is 91.4 Å². The molecule has 0 N–H and O–H groups in total. The maximum Gasteiger partial charge on any atom is 0.200 e. The lowest BCUT2D eigenvalue weighted by molar-refractivity contribution is 0.313. The largest absolute Gasteiger partial charge is 0.491 e. The van der Waals surface area contributed by atoms with Gasteiger partial charge >= 0.3 is 0 Å². The number of benzene rings is 1. The molecular formula is C9H10BrF2OP. The van der Waals surface area contributed by atoms with Gasteiger partial charge in [0.15, 0.2) is 11.6 Å². The minimum absolute atomic E-state index is 0.0216. The average molecular weight is 283 g/mol. The molecule has 0 aliphatic rings. The second-order valence-corrected chi connectivity index (χ2v) is 4.90. The van der Waals surface area contributed by atoms with E-state index in [0.717, 1.165) is 0 Å². The second kappa shape index (κ2) is 5.62. The fourth-order valence-electron chi connectivity index (χ4n) is 1.05. The Balaban J connectivity index is 2.99. The van der Waals surface area contributed by atoms with Gasteiger partial charge in [-0.05, 0) is 25.8 Å². The summed E-state index contributed by atoms with van der Waals surface area (Å²) in [6, 6.07) is 3.02. The quantitative estimate of drug-likeness (QED) is 0.762. The predicted octanol–water partition coefficient (Wildman–Crippen LogP) is 3.85. The molecule has 1 atom stereocenters. The van der Waals surface area contributed by atoms with Gasteiger partial charge in [0, 0.05) is 6.16 Å². The zero-order chi connectivity index (χ0) is 10.6. The van der Waals surface area contributed by atoms with E-state index in [1.165, 1.54) is 6.07 Å². The first-order valence-corrected chi connectivity index (χ1v) is 7.60. The first-order valence-electron chi connectivity index (χ1n) is 4.13. The molecule has 0 aromatic heterocycles. The van der Waals surface area contributed by atoms with Crippen molar-refractivity contribution in [3.05, 3.63) is 29.3 Å². The van der Waals surface area contributed by atoms with Crippen molar-refractivity contribution in [2.75, 3.05) is 6.61 Å². The molecule has 0 aliphatic heterocycles. The molecule has 0 heterocycles. The maximum absolute atomic E-state index is 13.3. The van der Waals surface area contributed by atoms with Crippen LogP contribution in [-0.2, 0) is 6.16 Å². The van der Waals surface area contributed by atoms with Crippen LogP contribution in [0.25, 0.3) is 0 Å². The van der Waals surface area contributed by atoms with E-state index in [1.807, 2.05) is 0 Å². The van der Waals surface area contributed by atoms with Gasteiger partial charge < -0.3 is 4.74 Å². The molecule has 1 nitrogen and oxygen atoms in total. The summed E-state index contributed by atoms with van der Waals surface area (Å²) < 4.78 is 31.5. The molecule has 0 spiro atoms. The van der Waals surface area contributed by atoms with Gasteiger partial charge in [-0.3, -0.25) is 0 Å². The van der Waals surface area contributed by atoms with Crippen LogP contribution in [0.4, 0.5) is 8.78 Å². The summed E-state index contributed by atoms with van der Waals surface area (Å²) in [5, 5.41) is 0. The van der Waals surface area contributed by atoms with E-state index in [2.05, 4.69) is 15.5 Å². The van der Waals surface area contributed by atoms with Crippen molar-refractivity contribution in [1.82, 2.24) is 0 Å². The summed E-state index contributed by atoms with van der Waals surface area (Å²) in [4.78, 5) is 0. The Bertz CT molecular complexity index is 289. The van der Waals surface area contributed by atoms with Crippen molar-refractivity contribution in [3.8, 4) is 5.75 Å². The molecule has 5 heteroatoms. The van der Waals surface area contributed by atoms with Gasteiger partial charge in [0.25, 0.3) is 0 Å². The summed E-state index contributed by atoms with van der Waals surface area (Å²) in [6.07, 6.45) is 0.495. The summed E-state index contributed by atoms with van der Waals surface area (Å²) in [5.74, 6) is -1.72. The monoisotopic (exact) mass is 282 g/mol. The molecule has 1 aromatic carbocycles. The fourth-order valence-corrected chi connectivity index (χ4v) is 2.37. The Kier molecular flexibility index (Phi) is 4.76. The Morgan fingerprint density at radius 1 is 1.36 bits per heavy atom. The minimum Gasteiger partial charge on any atom is -0.491 e. The Morgan fingerprint density at radius 3 is 2.64 bits per heavy atom. The molecule has 0 bridgehead atoms. The number of ether oxygens (including phenoxy) is 1. The molecule has 78 valence electrons. The van der Waals surface area contributed by atoms with Gasteiger partial charge in [0.2, 0.25) is 5.82 Å². The number of rotatable bonds is 4. The number of hydrogen-bond acceptors (Lipinski definition) is 1. The molecule has 0 saturated carbocycles. The van der Waals surface area contributed by atoms with E-state index in [0.29, 0.717) is 25.6 Å².